The van der Waals surface area contributed by atoms with Crippen molar-refractivity contribution in [2.45, 2.75) is 39.7 Å². The molecule has 25 heavy (non-hydrogen) atoms. The van der Waals surface area contributed by atoms with Crippen LogP contribution in [0.25, 0.3) is 10.2 Å². The number of hydrogen-bond donors (Lipinski definition) is 1. The number of aromatic nitrogens is 2. The number of aromatic amines is 1. The summed E-state index contributed by atoms with van der Waals surface area (Å²) in [4.78, 5) is 33.8. The first-order valence-electron chi connectivity index (χ1n) is 8.27. The van der Waals surface area contributed by atoms with Crippen LogP contribution in [0.5, 0.6) is 0 Å². The smallest absolute Gasteiger partial charge is 0.342 e. The molecule has 0 fully saturated rings. The van der Waals surface area contributed by atoms with Crippen LogP contribution in [0.1, 0.15) is 45.7 Å². The molecule has 1 atom stereocenters. The Morgan fingerprint density at radius 3 is 3.12 bits per heavy atom. The van der Waals surface area contributed by atoms with Crippen LogP contribution in [0.3, 0.4) is 0 Å². The second kappa shape index (κ2) is 6.15. The minimum absolute atomic E-state index is 0.0758. The van der Waals surface area contributed by atoms with Crippen molar-refractivity contribution in [3.8, 4) is 0 Å². The molecule has 0 bridgehead atoms. The van der Waals surface area contributed by atoms with Crippen LogP contribution in [0.2, 0.25) is 0 Å². The number of nitrogens with one attached hydrogen (secondary N) is 1. The third-order valence-electron chi connectivity index (χ3n) is 4.63. The van der Waals surface area contributed by atoms with Gasteiger partial charge in [0.1, 0.15) is 28.6 Å². The highest BCUT2D eigenvalue weighted by atomic mass is 32.1. The molecule has 0 aliphatic heterocycles. The summed E-state index contributed by atoms with van der Waals surface area (Å²) in [5.74, 6) is 1.01. The SMILES string of the molecule is Cc1occc1C(=O)OCc1nc2sc3c(c2c(=O)[nH]1)CC[C@@H](C)C3. The van der Waals surface area contributed by atoms with Gasteiger partial charge in [-0.25, -0.2) is 9.78 Å². The van der Waals surface area contributed by atoms with Crippen molar-refractivity contribution >= 4 is 27.5 Å². The van der Waals surface area contributed by atoms with Crippen LogP contribution in [0, 0.1) is 12.8 Å². The van der Waals surface area contributed by atoms with Crippen LogP contribution >= 0.6 is 11.3 Å². The molecule has 0 amide bonds. The Morgan fingerprint density at radius 2 is 2.36 bits per heavy atom. The lowest BCUT2D eigenvalue weighted by Gasteiger charge is -2.17. The average Bonchev–Trinajstić information content (AvgIpc) is 3.15. The summed E-state index contributed by atoms with van der Waals surface area (Å²) in [5, 5.41) is 0.702. The Hall–Kier alpha value is -2.41. The number of esters is 1. The van der Waals surface area contributed by atoms with Crippen LogP contribution in [-0.2, 0) is 24.2 Å². The lowest BCUT2D eigenvalue weighted by atomic mass is 9.89. The highest BCUT2D eigenvalue weighted by molar-refractivity contribution is 7.18. The van der Waals surface area contributed by atoms with Gasteiger partial charge < -0.3 is 14.1 Å². The number of nitrogens with zero attached hydrogens (tertiary/aromatic N) is 1. The summed E-state index contributed by atoms with van der Waals surface area (Å²) >= 11 is 1.58. The second-order valence-electron chi connectivity index (χ2n) is 6.51. The molecule has 1 aliphatic carbocycles. The van der Waals surface area contributed by atoms with E-state index in [2.05, 4.69) is 16.9 Å². The molecule has 1 aliphatic rings. The van der Waals surface area contributed by atoms with Crippen molar-refractivity contribution in [1.29, 1.82) is 0 Å². The largest absolute Gasteiger partial charge is 0.469 e. The molecule has 1 N–H and O–H groups in total. The topological polar surface area (TPSA) is 85.2 Å². The van der Waals surface area contributed by atoms with E-state index < -0.39 is 5.97 Å². The van der Waals surface area contributed by atoms with Crippen molar-refractivity contribution in [2.24, 2.45) is 5.92 Å². The molecule has 3 aromatic heterocycles. The number of H-pyrrole nitrogens is 1. The Bertz CT molecular complexity index is 1010. The lowest BCUT2D eigenvalue weighted by molar-refractivity contribution is 0.0460. The summed E-state index contributed by atoms with van der Waals surface area (Å²) in [6.07, 6.45) is 4.46. The van der Waals surface area contributed by atoms with E-state index in [9.17, 15) is 9.59 Å². The first-order chi connectivity index (χ1) is 12.0. The molecule has 0 spiro atoms. The fraction of sp³-hybridized carbons (Fsp3) is 0.389. The maximum absolute atomic E-state index is 12.5. The van der Waals surface area contributed by atoms with E-state index in [1.165, 1.54) is 11.1 Å². The van der Waals surface area contributed by atoms with E-state index >= 15 is 0 Å². The van der Waals surface area contributed by atoms with E-state index in [0.29, 0.717) is 28.5 Å². The zero-order valence-electron chi connectivity index (χ0n) is 14.0. The number of hydrogen-bond acceptors (Lipinski definition) is 6. The maximum atomic E-state index is 12.5. The van der Waals surface area contributed by atoms with Crippen molar-refractivity contribution in [3.63, 3.8) is 0 Å². The van der Waals surface area contributed by atoms with Crippen LogP contribution in [-0.4, -0.2) is 15.9 Å². The van der Waals surface area contributed by atoms with Gasteiger partial charge in [0.25, 0.3) is 5.56 Å². The molecule has 3 heterocycles. The van der Waals surface area contributed by atoms with Gasteiger partial charge >= 0.3 is 5.97 Å². The fourth-order valence-electron chi connectivity index (χ4n) is 3.27. The molecule has 0 saturated carbocycles. The van der Waals surface area contributed by atoms with Crippen LogP contribution in [0.15, 0.2) is 21.5 Å². The van der Waals surface area contributed by atoms with Gasteiger partial charge in [0, 0.05) is 4.88 Å². The number of thiophene rings is 1. The van der Waals surface area contributed by atoms with Gasteiger partial charge in [-0.15, -0.1) is 11.3 Å². The molecule has 0 radical (unpaired) electrons. The number of rotatable bonds is 3. The third kappa shape index (κ3) is 2.89. The molecule has 7 heteroatoms. The Morgan fingerprint density at radius 1 is 1.52 bits per heavy atom. The summed E-state index contributed by atoms with van der Waals surface area (Å²) in [6.45, 7) is 3.85. The van der Waals surface area contributed by atoms with Crippen molar-refractivity contribution in [3.05, 3.63) is 50.3 Å². The van der Waals surface area contributed by atoms with Crippen molar-refractivity contribution in [1.82, 2.24) is 9.97 Å². The Balaban J connectivity index is 1.60. The summed E-state index contributed by atoms with van der Waals surface area (Å²) in [5.41, 5.74) is 1.37. The highest BCUT2D eigenvalue weighted by Crippen LogP contribution is 2.35. The summed E-state index contributed by atoms with van der Waals surface area (Å²) in [7, 11) is 0. The minimum Gasteiger partial charge on any atom is -0.469 e. The number of aryl methyl sites for hydroxylation is 2. The lowest BCUT2D eigenvalue weighted by Crippen LogP contribution is -2.16. The molecule has 0 aromatic carbocycles. The average molecular weight is 358 g/mol. The standard InChI is InChI=1S/C18H18N2O4S/c1-9-3-4-12-13(7-9)25-17-15(12)16(21)19-14(20-17)8-24-18(22)11-5-6-23-10(11)2/h5-6,9H,3-4,7-8H2,1-2H3,(H,19,20,21)/t9-/m1/s1. The third-order valence-corrected chi connectivity index (χ3v) is 5.78. The molecule has 0 saturated heterocycles. The number of ether oxygens (including phenoxy) is 1. The zero-order chi connectivity index (χ0) is 17.6. The van der Waals surface area contributed by atoms with Crippen molar-refractivity contribution in [2.75, 3.05) is 0 Å². The Labute approximate surface area is 147 Å². The maximum Gasteiger partial charge on any atom is 0.342 e. The van der Waals surface area contributed by atoms with E-state index in [1.54, 1.807) is 24.3 Å². The molecule has 4 rings (SSSR count). The first kappa shape index (κ1) is 16.1. The van der Waals surface area contributed by atoms with Gasteiger partial charge in [-0.1, -0.05) is 6.92 Å². The monoisotopic (exact) mass is 358 g/mol. The molecule has 130 valence electrons. The van der Waals surface area contributed by atoms with Gasteiger partial charge in [-0.05, 0) is 43.7 Å². The van der Waals surface area contributed by atoms with Gasteiger partial charge in [-0.2, -0.15) is 0 Å². The predicted molar refractivity (Wildman–Crippen MR) is 94.0 cm³/mol. The molecule has 6 nitrogen and oxygen atoms in total. The molecule has 0 unspecified atom stereocenters. The summed E-state index contributed by atoms with van der Waals surface area (Å²) < 4.78 is 10.3. The molecular formula is C18H18N2O4S. The van der Waals surface area contributed by atoms with E-state index in [1.807, 2.05) is 0 Å². The minimum atomic E-state index is -0.492. The van der Waals surface area contributed by atoms with Gasteiger partial charge in [-0.3, -0.25) is 4.79 Å². The predicted octanol–water partition coefficient (Wildman–Crippen LogP) is 3.37. The number of carbonyl (C=O) groups is 1. The number of furan rings is 1. The quantitative estimate of drug-likeness (QED) is 0.726. The van der Waals surface area contributed by atoms with Crippen LogP contribution in [0.4, 0.5) is 0 Å². The van der Waals surface area contributed by atoms with Crippen molar-refractivity contribution < 1.29 is 13.9 Å². The first-order valence-corrected chi connectivity index (χ1v) is 9.09. The number of carbonyl (C=O) groups excluding carboxylic acids is 1. The van der Waals surface area contributed by atoms with Crippen LogP contribution < -0.4 is 5.56 Å². The number of fused-ring (bicyclic) bond motifs is 3. The normalized spacial score (nSPS) is 16.8. The second-order valence-corrected chi connectivity index (χ2v) is 7.59. The van der Waals surface area contributed by atoms with E-state index in [0.717, 1.165) is 29.7 Å². The Kier molecular flexibility index (Phi) is 3.95. The van der Waals surface area contributed by atoms with E-state index in [-0.39, 0.29) is 12.2 Å². The zero-order valence-corrected chi connectivity index (χ0v) is 14.9. The fourth-order valence-corrected chi connectivity index (χ4v) is 4.67. The van der Waals surface area contributed by atoms with E-state index in [4.69, 9.17) is 9.15 Å². The molecule has 3 aromatic rings. The van der Waals surface area contributed by atoms with Gasteiger partial charge in [0.2, 0.25) is 0 Å². The van der Waals surface area contributed by atoms with Gasteiger partial charge in [0.15, 0.2) is 0 Å². The highest BCUT2D eigenvalue weighted by Gasteiger charge is 2.23. The molecular weight excluding hydrogens is 340 g/mol. The van der Waals surface area contributed by atoms with Gasteiger partial charge in [0.05, 0.1) is 11.6 Å². The summed E-state index contributed by atoms with van der Waals surface area (Å²) in [6, 6.07) is 1.56.